The van der Waals surface area contributed by atoms with Crippen molar-refractivity contribution in [3.63, 3.8) is 0 Å². The summed E-state index contributed by atoms with van der Waals surface area (Å²) in [6.45, 7) is 8.28. The van der Waals surface area contributed by atoms with Gasteiger partial charge in [0.2, 0.25) is 9.84 Å². The number of hydrogen-bond donors (Lipinski definition) is 2. The Balaban J connectivity index is 2.90. The SMILES string of the molecule is Cc1cc(C)c(S(=O)(=O)c2c(C)ccc(C)c2O)c(C)c1O. The topological polar surface area (TPSA) is 74.6 Å². The fourth-order valence-corrected chi connectivity index (χ4v) is 4.88. The first-order valence-electron chi connectivity index (χ1n) is 6.93. The number of aromatic hydroxyl groups is 2. The van der Waals surface area contributed by atoms with E-state index in [2.05, 4.69) is 0 Å². The molecule has 2 N–H and O–H groups in total. The molecule has 4 nitrogen and oxygen atoms in total. The van der Waals surface area contributed by atoms with E-state index in [0.29, 0.717) is 27.8 Å². The van der Waals surface area contributed by atoms with Crippen molar-refractivity contribution in [1.29, 1.82) is 0 Å². The Hall–Kier alpha value is -2.01. The second-order valence-corrected chi connectivity index (χ2v) is 7.52. The van der Waals surface area contributed by atoms with E-state index in [0.717, 1.165) is 0 Å². The molecule has 0 unspecified atom stereocenters. The summed E-state index contributed by atoms with van der Waals surface area (Å²) >= 11 is 0. The van der Waals surface area contributed by atoms with Crippen molar-refractivity contribution in [3.8, 4) is 11.5 Å². The third-order valence-electron chi connectivity index (χ3n) is 3.93. The van der Waals surface area contributed by atoms with E-state index in [-0.39, 0.29) is 21.3 Å². The summed E-state index contributed by atoms with van der Waals surface area (Å²) < 4.78 is 26.1. The summed E-state index contributed by atoms with van der Waals surface area (Å²) in [6, 6.07) is 4.98. The molecule has 0 heterocycles. The van der Waals surface area contributed by atoms with Crippen LogP contribution in [0.15, 0.2) is 28.0 Å². The summed E-state index contributed by atoms with van der Waals surface area (Å²) in [5.74, 6) is -0.271. The maximum atomic E-state index is 13.1. The van der Waals surface area contributed by atoms with Crippen molar-refractivity contribution in [1.82, 2.24) is 0 Å². The molecule has 118 valence electrons. The minimum Gasteiger partial charge on any atom is -0.507 e. The van der Waals surface area contributed by atoms with E-state index < -0.39 is 9.84 Å². The molecule has 2 aromatic rings. The summed E-state index contributed by atoms with van der Waals surface area (Å²) in [4.78, 5) is -0.0402. The Bertz CT molecular complexity index is 865. The lowest BCUT2D eigenvalue weighted by molar-refractivity contribution is 0.452. The van der Waals surface area contributed by atoms with E-state index in [1.165, 1.54) is 0 Å². The van der Waals surface area contributed by atoms with Crippen LogP contribution in [-0.2, 0) is 9.84 Å². The Kier molecular flexibility index (Phi) is 3.96. The predicted octanol–water partition coefficient (Wildman–Crippen LogP) is 3.47. The van der Waals surface area contributed by atoms with Gasteiger partial charge in [-0.15, -0.1) is 0 Å². The van der Waals surface area contributed by atoms with Crippen LogP contribution in [0.5, 0.6) is 11.5 Å². The van der Waals surface area contributed by atoms with E-state index in [1.54, 1.807) is 52.8 Å². The Morgan fingerprint density at radius 1 is 0.727 bits per heavy atom. The van der Waals surface area contributed by atoms with Crippen LogP contribution in [0, 0.1) is 34.6 Å². The average molecular weight is 320 g/mol. The van der Waals surface area contributed by atoms with Gasteiger partial charge in [-0.3, -0.25) is 0 Å². The predicted molar refractivity (Wildman–Crippen MR) is 85.4 cm³/mol. The third kappa shape index (κ3) is 2.35. The lowest BCUT2D eigenvalue weighted by Crippen LogP contribution is -2.09. The molecule has 2 aromatic carbocycles. The fourth-order valence-electron chi connectivity index (χ4n) is 2.78. The van der Waals surface area contributed by atoms with Gasteiger partial charge in [-0.05, 0) is 56.9 Å². The van der Waals surface area contributed by atoms with Crippen LogP contribution >= 0.6 is 0 Å². The molecule has 0 aliphatic heterocycles. The minimum absolute atomic E-state index is 0.0334. The largest absolute Gasteiger partial charge is 0.507 e. The lowest BCUT2D eigenvalue weighted by atomic mass is 10.1. The molecule has 0 atom stereocenters. The molecule has 22 heavy (non-hydrogen) atoms. The molecule has 0 aliphatic rings. The van der Waals surface area contributed by atoms with Crippen LogP contribution < -0.4 is 0 Å². The molecule has 0 bridgehead atoms. The second-order valence-electron chi connectivity index (χ2n) is 5.69. The van der Waals surface area contributed by atoms with E-state index in [1.807, 2.05) is 0 Å². The van der Waals surface area contributed by atoms with Gasteiger partial charge in [0.25, 0.3) is 0 Å². The summed E-state index contributed by atoms with van der Waals surface area (Å²) in [5.41, 5.74) is 2.45. The zero-order valence-corrected chi connectivity index (χ0v) is 14.2. The van der Waals surface area contributed by atoms with Crippen LogP contribution in [0.2, 0.25) is 0 Å². The first kappa shape index (κ1) is 16.4. The van der Waals surface area contributed by atoms with E-state index in [4.69, 9.17) is 0 Å². The standard InChI is InChI=1S/C17H20O4S/c1-9-6-7-10(2)17(15(9)19)22(20,21)16-12(4)8-11(3)14(18)13(16)5/h6-8,18-19H,1-5H3. The van der Waals surface area contributed by atoms with Gasteiger partial charge in [0.05, 0.1) is 4.90 Å². The summed E-state index contributed by atoms with van der Waals surface area (Å²) in [6.07, 6.45) is 0. The van der Waals surface area contributed by atoms with Gasteiger partial charge < -0.3 is 10.2 Å². The molecule has 0 saturated heterocycles. The van der Waals surface area contributed by atoms with Crippen molar-refractivity contribution in [2.45, 2.75) is 44.4 Å². The van der Waals surface area contributed by atoms with Crippen LogP contribution in [0.4, 0.5) is 0 Å². The molecule has 5 heteroatoms. The van der Waals surface area contributed by atoms with Gasteiger partial charge >= 0.3 is 0 Å². The molecule has 0 saturated carbocycles. The van der Waals surface area contributed by atoms with Crippen molar-refractivity contribution >= 4 is 9.84 Å². The molecule has 0 aromatic heterocycles. The highest BCUT2D eigenvalue weighted by molar-refractivity contribution is 7.91. The van der Waals surface area contributed by atoms with Crippen molar-refractivity contribution < 1.29 is 18.6 Å². The maximum absolute atomic E-state index is 13.1. The average Bonchev–Trinajstić information content (AvgIpc) is 2.40. The van der Waals surface area contributed by atoms with Crippen LogP contribution in [0.25, 0.3) is 0 Å². The molecular formula is C17H20O4S. The monoisotopic (exact) mass is 320 g/mol. The van der Waals surface area contributed by atoms with Crippen molar-refractivity contribution in [3.05, 3.63) is 46.0 Å². The lowest BCUT2D eigenvalue weighted by Gasteiger charge is -2.17. The molecule has 0 fully saturated rings. The molecule has 0 aliphatic carbocycles. The highest BCUT2D eigenvalue weighted by Gasteiger charge is 2.29. The zero-order chi connectivity index (χ0) is 16.8. The molecular weight excluding hydrogens is 300 g/mol. The highest BCUT2D eigenvalue weighted by Crippen LogP contribution is 2.39. The Morgan fingerprint density at radius 2 is 1.27 bits per heavy atom. The number of rotatable bonds is 2. The van der Waals surface area contributed by atoms with Gasteiger partial charge in [-0.25, -0.2) is 8.42 Å². The van der Waals surface area contributed by atoms with E-state index >= 15 is 0 Å². The number of hydrogen-bond acceptors (Lipinski definition) is 4. The van der Waals surface area contributed by atoms with Crippen molar-refractivity contribution in [2.75, 3.05) is 0 Å². The first-order valence-corrected chi connectivity index (χ1v) is 8.41. The van der Waals surface area contributed by atoms with E-state index in [9.17, 15) is 18.6 Å². The smallest absolute Gasteiger partial charge is 0.211 e. The molecule has 0 amide bonds. The summed E-state index contributed by atoms with van der Waals surface area (Å²) in [5, 5.41) is 20.3. The third-order valence-corrected chi connectivity index (χ3v) is 6.15. The number of sulfone groups is 1. The molecule has 2 rings (SSSR count). The number of phenolic OH excluding ortho intramolecular Hbond substituents is 2. The van der Waals surface area contributed by atoms with Gasteiger partial charge in [0.1, 0.15) is 16.4 Å². The van der Waals surface area contributed by atoms with Gasteiger partial charge in [-0.2, -0.15) is 0 Å². The normalized spacial score (nSPS) is 11.7. The maximum Gasteiger partial charge on any atom is 0.211 e. The molecule has 0 radical (unpaired) electrons. The number of aryl methyl sites for hydroxylation is 4. The quantitative estimate of drug-likeness (QED) is 0.888. The molecule has 0 spiro atoms. The minimum atomic E-state index is -3.93. The fraction of sp³-hybridized carbons (Fsp3) is 0.294. The van der Waals surface area contributed by atoms with Gasteiger partial charge in [0, 0.05) is 5.56 Å². The Morgan fingerprint density at radius 3 is 1.86 bits per heavy atom. The summed E-state index contributed by atoms with van der Waals surface area (Å²) in [7, 11) is -3.93. The van der Waals surface area contributed by atoms with Crippen LogP contribution in [0.3, 0.4) is 0 Å². The number of phenols is 2. The van der Waals surface area contributed by atoms with Crippen LogP contribution in [-0.4, -0.2) is 18.6 Å². The highest BCUT2D eigenvalue weighted by atomic mass is 32.2. The van der Waals surface area contributed by atoms with Crippen LogP contribution in [0.1, 0.15) is 27.8 Å². The first-order chi connectivity index (χ1) is 10.1. The van der Waals surface area contributed by atoms with Crippen molar-refractivity contribution in [2.24, 2.45) is 0 Å². The number of benzene rings is 2. The second kappa shape index (κ2) is 5.32. The Labute approximate surface area is 131 Å². The van der Waals surface area contributed by atoms with Gasteiger partial charge in [-0.1, -0.05) is 18.2 Å². The zero-order valence-electron chi connectivity index (χ0n) is 13.4. The van der Waals surface area contributed by atoms with Gasteiger partial charge in [0.15, 0.2) is 0 Å².